The van der Waals surface area contributed by atoms with Crippen LogP contribution in [0.3, 0.4) is 0 Å². The van der Waals surface area contributed by atoms with Crippen molar-refractivity contribution >= 4 is 32.8 Å². The average molecular weight is 395 g/mol. The van der Waals surface area contributed by atoms with Gasteiger partial charge in [0.15, 0.2) is 9.84 Å². The fourth-order valence-electron chi connectivity index (χ4n) is 2.61. The van der Waals surface area contributed by atoms with E-state index in [-0.39, 0.29) is 18.4 Å². The van der Waals surface area contributed by atoms with Gasteiger partial charge < -0.3 is 10.2 Å². The van der Waals surface area contributed by atoms with Gasteiger partial charge in [0.1, 0.15) is 9.46 Å². The summed E-state index contributed by atoms with van der Waals surface area (Å²) in [4.78, 5) is 14.0. The highest BCUT2D eigenvalue weighted by Gasteiger charge is 2.30. The van der Waals surface area contributed by atoms with Crippen LogP contribution >= 0.6 is 11.3 Å². The fraction of sp³-hybridized carbons (Fsp3) is 0.421. The van der Waals surface area contributed by atoms with Crippen molar-refractivity contribution in [1.82, 2.24) is 5.32 Å². The molecule has 0 radical (unpaired) electrons. The van der Waals surface area contributed by atoms with Gasteiger partial charge in [0.2, 0.25) is 5.91 Å². The first-order valence-corrected chi connectivity index (χ1v) is 11.0. The van der Waals surface area contributed by atoms with E-state index in [0.29, 0.717) is 16.2 Å². The SMILES string of the molecule is CC(C)CC(=O)NC[C@H](c1ccc(N(C)C)cc1)S(=O)(=O)c1cccs1. The van der Waals surface area contributed by atoms with Crippen LogP contribution in [0.5, 0.6) is 0 Å². The number of anilines is 1. The number of carbonyl (C=O) groups is 1. The van der Waals surface area contributed by atoms with Crippen LogP contribution in [0.2, 0.25) is 0 Å². The Hall–Kier alpha value is -1.86. The van der Waals surface area contributed by atoms with Crippen LogP contribution in [0.4, 0.5) is 5.69 Å². The molecule has 26 heavy (non-hydrogen) atoms. The third-order valence-corrected chi connectivity index (χ3v) is 7.54. The summed E-state index contributed by atoms with van der Waals surface area (Å²) in [6, 6.07) is 10.8. The van der Waals surface area contributed by atoms with Gasteiger partial charge in [0.05, 0.1) is 0 Å². The number of nitrogens with zero attached hydrogens (tertiary/aromatic N) is 1. The highest BCUT2D eigenvalue weighted by molar-refractivity contribution is 7.93. The monoisotopic (exact) mass is 394 g/mol. The van der Waals surface area contributed by atoms with E-state index in [4.69, 9.17) is 0 Å². The molecule has 0 fully saturated rings. The lowest BCUT2D eigenvalue weighted by atomic mass is 10.1. The van der Waals surface area contributed by atoms with Crippen molar-refractivity contribution in [2.75, 3.05) is 25.5 Å². The van der Waals surface area contributed by atoms with Crippen LogP contribution < -0.4 is 10.2 Å². The second-order valence-electron chi connectivity index (χ2n) is 6.85. The minimum atomic E-state index is -3.58. The van der Waals surface area contributed by atoms with Crippen molar-refractivity contribution in [3.8, 4) is 0 Å². The van der Waals surface area contributed by atoms with Crippen LogP contribution in [0.15, 0.2) is 46.0 Å². The van der Waals surface area contributed by atoms with E-state index in [9.17, 15) is 13.2 Å². The van der Waals surface area contributed by atoms with Gasteiger partial charge in [-0.05, 0) is 35.1 Å². The summed E-state index contributed by atoms with van der Waals surface area (Å²) in [5, 5.41) is 3.73. The number of carbonyl (C=O) groups excluding carboxylic acids is 1. The van der Waals surface area contributed by atoms with E-state index in [1.165, 1.54) is 11.3 Å². The molecular weight excluding hydrogens is 368 g/mol. The van der Waals surface area contributed by atoms with Crippen molar-refractivity contribution in [1.29, 1.82) is 0 Å². The Morgan fingerprint density at radius 2 is 1.81 bits per heavy atom. The molecule has 2 rings (SSSR count). The molecule has 0 unspecified atom stereocenters. The summed E-state index contributed by atoms with van der Waals surface area (Å²) < 4.78 is 26.5. The summed E-state index contributed by atoms with van der Waals surface area (Å²) >= 11 is 1.20. The summed E-state index contributed by atoms with van der Waals surface area (Å²) in [6.07, 6.45) is 0.380. The molecule has 142 valence electrons. The maximum absolute atomic E-state index is 13.1. The molecule has 1 amide bonds. The molecule has 0 spiro atoms. The first-order chi connectivity index (χ1) is 12.2. The summed E-state index contributed by atoms with van der Waals surface area (Å²) in [5.41, 5.74) is 1.67. The van der Waals surface area contributed by atoms with Crippen molar-refractivity contribution in [2.24, 2.45) is 5.92 Å². The smallest absolute Gasteiger partial charge is 0.220 e. The highest BCUT2D eigenvalue weighted by Crippen LogP contribution is 2.32. The molecule has 5 nitrogen and oxygen atoms in total. The maximum Gasteiger partial charge on any atom is 0.220 e. The van der Waals surface area contributed by atoms with Crippen LogP contribution in [-0.2, 0) is 14.6 Å². The third-order valence-electron chi connectivity index (χ3n) is 4.01. The molecule has 0 saturated heterocycles. The third kappa shape index (κ3) is 5.08. The lowest BCUT2D eigenvalue weighted by Crippen LogP contribution is -2.32. The zero-order valence-electron chi connectivity index (χ0n) is 15.6. The number of amides is 1. The lowest BCUT2D eigenvalue weighted by molar-refractivity contribution is -0.121. The highest BCUT2D eigenvalue weighted by atomic mass is 32.2. The van der Waals surface area contributed by atoms with Gasteiger partial charge in [-0.1, -0.05) is 32.0 Å². The number of hydrogen-bond acceptors (Lipinski definition) is 5. The molecule has 1 N–H and O–H groups in total. The second kappa shape index (κ2) is 8.68. The van der Waals surface area contributed by atoms with E-state index in [2.05, 4.69) is 5.32 Å². The Balaban J connectivity index is 2.31. The molecule has 1 heterocycles. The van der Waals surface area contributed by atoms with Gasteiger partial charge >= 0.3 is 0 Å². The molecule has 1 aromatic carbocycles. The second-order valence-corrected chi connectivity index (χ2v) is 10.2. The fourth-order valence-corrected chi connectivity index (χ4v) is 5.48. The van der Waals surface area contributed by atoms with Gasteiger partial charge in [-0.2, -0.15) is 0 Å². The van der Waals surface area contributed by atoms with Crippen LogP contribution in [0.1, 0.15) is 31.1 Å². The number of thiophene rings is 1. The molecule has 1 atom stereocenters. The molecule has 0 bridgehead atoms. The lowest BCUT2D eigenvalue weighted by Gasteiger charge is -2.20. The minimum absolute atomic E-state index is 0.0626. The number of nitrogens with one attached hydrogen (secondary N) is 1. The number of hydrogen-bond donors (Lipinski definition) is 1. The summed E-state index contributed by atoms with van der Waals surface area (Å²) in [7, 11) is 0.285. The Bertz CT molecular complexity index is 811. The first-order valence-electron chi connectivity index (χ1n) is 8.53. The van der Waals surface area contributed by atoms with E-state index in [1.807, 2.05) is 57.1 Å². The number of rotatable bonds is 8. The Morgan fingerprint density at radius 3 is 2.31 bits per heavy atom. The Morgan fingerprint density at radius 1 is 1.15 bits per heavy atom. The topological polar surface area (TPSA) is 66.5 Å². The van der Waals surface area contributed by atoms with Crippen molar-refractivity contribution in [3.63, 3.8) is 0 Å². The van der Waals surface area contributed by atoms with Crippen LogP contribution in [0, 0.1) is 5.92 Å². The zero-order chi connectivity index (χ0) is 19.3. The summed E-state index contributed by atoms with van der Waals surface area (Å²) in [5.74, 6) is 0.0954. The van der Waals surface area contributed by atoms with Gasteiger partial charge in [-0.3, -0.25) is 4.79 Å². The largest absolute Gasteiger partial charge is 0.378 e. The predicted molar refractivity (Wildman–Crippen MR) is 107 cm³/mol. The van der Waals surface area contributed by atoms with Gasteiger partial charge in [-0.25, -0.2) is 8.42 Å². The maximum atomic E-state index is 13.1. The Kier molecular flexibility index (Phi) is 6.83. The first kappa shape index (κ1) is 20.5. The van der Waals surface area contributed by atoms with E-state index in [1.54, 1.807) is 17.5 Å². The van der Waals surface area contributed by atoms with E-state index < -0.39 is 15.1 Å². The molecule has 0 saturated carbocycles. The van der Waals surface area contributed by atoms with Gasteiger partial charge in [0, 0.05) is 32.7 Å². The molecule has 0 aliphatic heterocycles. The Labute approximate surface area is 160 Å². The molecule has 2 aromatic rings. The molecule has 0 aliphatic carbocycles. The van der Waals surface area contributed by atoms with Crippen molar-refractivity contribution in [3.05, 3.63) is 47.3 Å². The van der Waals surface area contributed by atoms with Crippen LogP contribution in [0.25, 0.3) is 0 Å². The number of sulfone groups is 1. The standard InChI is InChI=1S/C19H26N2O3S2/c1-14(2)12-18(22)20-13-17(26(23,24)19-6-5-11-25-19)15-7-9-16(10-8-15)21(3)4/h5-11,14,17H,12-13H2,1-4H3,(H,20,22)/t17-/m1/s1. The molecule has 0 aliphatic rings. The van der Waals surface area contributed by atoms with Crippen molar-refractivity contribution < 1.29 is 13.2 Å². The van der Waals surface area contributed by atoms with Gasteiger partial charge in [0.25, 0.3) is 0 Å². The predicted octanol–water partition coefficient (Wildman–Crippen LogP) is 3.49. The average Bonchev–Trinajstić information content (AvgIpc) is 3.10. The van der Waals surface area contributed by atoms with E-state index in [0.717, 1.165) is 5.69 Å². The minimum Gasteiger partial charge on any atom is -0.378 e. The summed E-state index contributed by atoms with van der Waals surface area (Å²) in [6.45, 7) is 3.98. The van der Waals surface area contributed by atoms with Crippen molar-refractivity contribution in [2.45, 2.75) is 29.7 Å². The molecule has 7 heteroatoms. The number of benzene rings is 1. The van der Waals surface area contributed by atoms with Crippen LogP contribution in [-0.4, -0.2) is 35.0 Å². The normalized spacial score (nSPS) is 12.8. The molecule has 1 aromatic heterocycles. The zero-order valence-corrected chi connectivity index (χ0v) is 17.2. The quantitative estimate of drug-likeness (QED) is 0.744. The molecular formula is C19H26N2O3S2. The van der Waals surface area contributed by atoms with E-state index >= 15 is 0 Å². The van der Waals surface area contributed by atoms with Gasteiger partial charge in [-0.15, -0.1) is 11.3 Å².